The molecule has 1 N–H and O–H groups in total. The molecule has 0 atom stereocenters. The van der Waals surface area contributed by atoms with Gasteiger partial charge in [0.15, 0.2) is 0 Å². The molecule has 0 aromatic heterocycles. The van der Waals surface area contributed by atoms with Crippen LogP contribution < -0.4 is 5.32 Å². The van der Waals surface area contributed by atoms with E-state index in [1.807, 2.05) is 19.1 Å². The van der Waals surface area contributed by atoms with Crippen molar-refractivity contribution in [3.63, 3.8) is 0 Å². The highest BCUT2D eigenvalue weighted by Crippen LogP contribution is 2.21. The van der Waals surface area contributed by atoms with Crippen molar-refractivity contribution in [2.24, 2.45) is 0 Å². The molecular formula is C14H11FN2. The van der Waals surface area contributed by atoms with Crippen molar-refractivity contribution in [1.82, 2.24) is 0 Å². The van der Waals surface area contributed by atoms with Crippen LogP contribution in [-0.2, 0) is 0 Å². The summed E-state index contributed by atoms with van der Waals surface area (Å²) >= 11 is 0. The van der Waals surface area contributed by atoms with E-state index in [1.165, 1.54) is 12.1 Å². The van der Waals surface area contributed by atoms with Crippen molar-refractivity contribution in [1.29, 1.82) is 5.26 Å². The van der Waals surface area contributed by atoms with E-state index in [-0.39, 0.29) is 5.82 Å². The number of aryl methyl sites for hydroxylation is 1. The summed E-state index contributed by atoms with van der Waals surface area (Å²) in [5.74, 6) is -0.257. The van der Waals surface area contributed by atoms with Crippen molar-refractivity contribution >= 4 is 11.4 Å². The summed E-state index contributed by atoms with van der Waals surface area (Å²) in [6.07, 6.45) is 0. The second kappa shape index (κ2) is 4.67. The molecule has 2 aromatic carbocycles. The summed E-state index contributed by atoms with van der Waals surface area (Å²) in [6, 6.07) is 13.6. The Balaban J connectivity index is 2.25. The maximum absolute atomic E-state index is 12.7. The number of halogens is 1. The van der Waals surface area contributed by atoms with Crippen LogP contribution in [-0.4, -0.2) is 0 Å². The van der Waals surface area contributed by atoms with E-state index in [0.29, 0.717) is 5.56 Å². The lowest BCUT2D eigenvalue weighted by Crippen LogP contribution is -1.93. The first-order chi connectivity index (χ1) is 8.19. The molecule has 0 fully saturated rings. The quantitative estimate of drug-likeness (QED) is 0.846. The highest BCUT2D eigenvalue weighted by molar-refractivity contribution is 5.64. The molecule has 3 heteroatoms. The van der Waals surface area contributed by atoms with E-state index in [2.05, 4.69) is 11.4 Å². The Bertz CT molecular complexity index is 568. The standard InChI is InChI=1S/C14H11FN2/c1-10-8-11(9-16)2-7-14(10)17-13-5-3-12(15)4-6-13/h2-8,17H,1H3. The molecule has 0 saturated carbocycles. The van der Waals surface area contributed by atoms with E-state index < -0.39 is 0 Å². The molecule has 17 heavy (non-hydrogen) atoms. The van der Waals surface area contributed by atoms with Crippen LogP contribution in [0.4, 0.5) is 15.8 Å². The molecule has 0 radical (unpaired) electrons. The first kappa shape index (κ1) is 11.2. The molecule has 84 valence electrons. The first-order valence-corrected chi connectivity index (χ1v) is 5.22. The normalized spacial score (nSPS) is 9.71. The lowest BCUT2D eigenvalue weighted by Gasteiger charge is -2.09. The number of nitriles is 1. The van der Waals surface area contributed by atoms with Crippen LogP contribution in [0.25, 0.3) is 0 Å². The van der Waals surface area contributed by atoms with Crippen LogP contribution in [0.15, 0.2) is 42.5 Å². The maximum Gasteiger partial charge on any atom is 0.123 e. The molecule has 0 bridgehead atoms. The van der Waals surface area contributed by atoms with Crippen LogP contribution in [0.1, 0.15) is 11.1 Å². The van der Waals surface area contributed by atoms with Gasteiger partial charge in [-0.25, -0.2) is 4.39 Å². The third kappa shape index (κ3) is 2.61. The number of rotatable bonds is 2. The monoisotopic (exact) mass is 226 g/mol. The molecule has 0 saturated heterocycles. The van der Waals surface area contributed by atoms with E-state index >= 15 is 0 Å². The molecule has 0 aliphatic rings. The van der Waals surface area contributed by atoms with Crippen LogP contribution in [0.2, 0.25) is 0 Å². The van der Waals surface area contributed by atoms with Crippen molar-refractivity contribution in [2.75, 3.05) is 5.32 Å². The minimum absolute atomic E-state index is 0.257. The predicted molar refractivity (Wildman–Crippen MR) is 65.6 cm³/mol. The number of hydrogen-bond acceptors (Lipinski definition) is 2. The second-order valence-electron chi connectivity index (χ2n) is 3.77. The molecule has 0 aliphatic carbocycles. The Labute approximate surface area is 99.3 Å². The third-order valence-corrected chi connectivity index (χ3v) is 2.48. The Morgan fingerprint density at radius 1 is 1.12 bits per heavy atom. The summed E-state index contributed by atoms with van der Waals surface area (Å²) in [6.45, 7) is 1.92. The summed E-state index contributed by atoms with van der Waals surface area (Å²) in [4.78, 5) is 0. The molecule has 0 aliphatic heterocycles. The maximum atomic E-state index is 12.7. The molecule has 2 rings (SSSR count). The molecule has 0 amide bonds. The van der Waals surface area contributed by atoms with Crippen molar-refractivity contribution in [3.8, 4) is 6.07 Å². The van der Waals surface area contributed by atoms with Crippen molar-refractivity contribution < 1.29 is 4.39 Å². The predicted octanol–water partition coefficient (Wildman–Crippen LogP) is 3.75. The van der Waals surface area contributed by atoms with Gasteiger partial charge in [-0.1, -0.05) is 0 Å². The highest BCUT2D eigenvalue weighted by atomic mass is 19.1. The summed E-state index contributed by atoms with van der Waals surface area (Å²) in [5.41, 5.74) is 3.34. The minimum atomic E-state index is -0.257. The highest BCUT2D eigenvalue weighted by Gasteiger charge is 2.00. The average Bonchev–Trinajstić information content (AvgIpc) is 2.34. The summed E-state index contributed by atoms with van der Waals surface area (Å²) in [7, 11) is 0. The Morgan fingerprint density at radius 2 is 1.82 bits per heavy atom. The van der Waals surface area contributed by atoms with Gasteiger partial charge in [0, 0.05) is 11.4 Å². The van der Waals surface area contributed by atoms with Crippen molar-refractivity contribution in [3.05, 3.63) is 59.4 Å². The van der Waals surface area contributed by atoms with Gasteiger partial charge < -0.3 is 5.32 Å². The van der Waals surface area contributed by atoms with Gasteiger partial charge in [0.25, 0.3) is 0 Å². The van der Waals surface area contributed by atoms with Crippen LogP contribution in [0.3, 0.4) is 0 Å². The fraction of sp³-hybridized carbons (Fsp3) is 0.0714. The van der Waals surface area contributed by atoms with Gasteiger partial charge in [-0.2, -0.15) is 5.26 Å². The van der Waals surface area contributed by atoms with Gasteiger partial charge in [-0.05, 0) is 55.0 Å². The molecule has 0 heterocycles. The number of anilines is 2. The van der Waals surface area contributed by atoms with Gasteiger partial charge >= 0.3 is 0 Å². The summed E-state index contributed by atoms with van der Waals surface area (Å²) < 4.78 is 12.7. The SMILES string of the molecule is Cc1cc(C#N)ccc1Nc1ccc(F)cc1. The number of nitrogens with one attached hydrogen (secondary N) is 1. The average molecular weight is 226 g/mol. The Hall–Kier alpha value is -2.34. The topological polar surface area (TPSA) is 35.8 Å². The van der Waals surface area contributed by atoms with Gasteiger partial charge in [-0.3, -0.25) is 0 Å². The van der Waals surface area contributed by atoms with Crippen molar-refractivity contribution in [2.45, 2.75) is 6.92 Å². The van der Waals surface area contributed by atoms with Gasteiger partial charge in [-0.15, -0.1) is 0 Å². The molecule has 2 nitrogen and oxygen atoms in total. The van der Waals surface area contributed by atoms with E-state index in [0.717, 1.165) is 16.9 Å². The van der Waals surface area contributed by atoms with Gasteiger partial charge in [0.05, 0.1) is 11.6 Å². The molecule has 2 aromatic rings. The fourth-order valence-corrected chi connectivity index (χ4v) is 1.56. The largest absolute Gasteiger partial charge is 0.355 e. The van der Waals surface area contributed by atoms with E-state index in [9.17, 15) is 4.39 Å². The van der Waals surface area contributed by atoms with Gasteiger partial charge in [0.2, 0.25) is 0 Å². The number of nitrogens with zero attached hydrogens (tertiary/aromatic N) is 1. The lowest BCUT2D eigenvalue weighted by molar-refractivity contribution is 0.628. The van der Waals surface area contributed by atoms with Crippen LogP contribution in [0, 0.1) is 24.1 Å². The zero-order chi connectivity index (χ0) is 12.3. The fourth-order valence-electron chi connectivity index (χ4n) is 1.56. The Kier molecular flexibility index (Phi) is 3.06. The van der Waals surface area contributed by atoms with E-state index in [1.54, 1.807) is 18.2 Å². The third-order valence-electron chi connectivity index (χ3n) is 2.48. The lowest BCUT2D eigenvalue weighted by atomic mass is 10.1. The minimum Gasteiger partial charge on any atom is -0.355 e. The summed E-state index contributed by atoms with van der Waals surface area (Å²) in [5, 5.41) is 11.9. The van der Waals surface area contributed by atoms with Crippen LogP contribution in [0.5, 0.6) is 0 Å². The molecule has 0 unspecified atom stereocenters. The van der Waals surface area contributed by atoms with Crippen LogP contribution >= 0.6 is 0 Å². The number of hydrogen-bond donors (Lipinski definition) is 1. The zero-order valence-corrected chi connectivity index (χ0v) is 9.37. The van der Waals surface area contributed by atoms with Gasteiger partial charge in [0.1, 0.15) is 5.82 Å². The Morgan fingerprint density at radius 3 is 2.41 bits per heavy atom. The second-order valence-corrected chi connectivity index (χ2v) is 3.77. The first-order valence-electron chi connectivity index (χ1n) is 5.22. The zero-order valence-electron chi connectivity index (χ0n) is 9.37. The van der Waals surface area contributed by atoms with E-state index in [4.69, 9.17) is 5.26 Å². The molecule has 0 spiro atoms. The number of benzene rings is 2. The smallest absolute Gasteiger partial charge is 0.123 e. The molecular weight excluding hydrogens is 215 g/mol.